The van der Waals surface area contributed by atoms with Gasteiger partial charge in [0.25, 0.3) is 0 Å². The van der Waals surface area contributed by atoms with Crippen molar-refractivity contribution in [1.29, 1.82) is 5.26 Å². The predicted molar refractivity (Wildman–Crippen MR) is 86.8 cm³/mol. The van der Waals surface area contributed by atoms with Gasteiger partial charge in [0.05, 0.1) is 28.8 Å². The minimum Gasteiger partial charge on any atom is -0.490 e. The molecule has 0 amide bonds. The van der Waals surface area contributed by atoms with Crippen LogP contribution in [-0.2, 0) is 9.47 Å². The Balaban J connectivity index is 1.64. The Bertz CT molecular complexity index is 724. The van der Waals surface area contributed by atoms with Crippen molar-refractivity contribution in [2.45, 2.75) is 18.9 Å². The van der Waals surface area contributed by atoms with Crippen LogP contribution >= 0.6 is 11.6 Å². The SMILES string of the molecule is N#Cc1cc2c(Cl)ccnc2cc1OCCOC1CCOCC1. The average Bonchev–Trinajstić information content (AvgIpc) is 2.59. The van der Waals surface area contributed by atoms with Gasteiger partial charge in [-0.2, -0.15) is 5.26 Å². The van der Waals surface area contributed by atoms with Gasteiger partial charge in [-0.1, -0.05) is 11.6 Å². The fourth-order valence-corrected chi connectivity index (χ4v) is 2.76. The van der Waals surface area contributed by atoms with Crippen molar-refractivity contribution in [2.24, 2.45) is 0 Å². The van der Waals surface area contributed by atoms with E-state index in [0.29, 0.717) is 35.1 Å². The third-order valence-corrected chi connectivity index (χ3v) is 4.10. The van der Waals surface area contributed by atoms with Crippen molar-refractivity contribution in [3.8, 4) is 11.8 Å². The van der Waals surface area contributed by atoms with E-state index in [4.69, 9.17) is 25.8 Å². The van der Waals surface area contributed by atoms with Crippen LogP contribution in [-0.4, -0.2) is 37.5 Å². The summed E-state index contributed by atoms with van der Waals surface area (Å²) in [6.45, 7) is 2.37. The van der Waals surface area contributed by atoms with Crippen LogP contribution in [0.25, 0.3) is 10.9 Å². The van der Waals surface area contributed by atoms with Gasteiger partial charge < -0.3 is 14.2 Å². The van der Waals surface area contributed by atoms with E-state index >= 15 is 0 Å². The Morgan fingerprint density at radius 1 is 1.30 bits per heavy atom. The smallest absolute Gasteiger partial charge is 0.139 e. The van der Waals surface area contributed by atoms with Gasteiger partial charge in [-0.05, 0) is 25.0 Å². The predicted octanol–water partition coefficient (Wildman–Crippen LogP) is 3.33. The summed E-state index contributed by atoms with van der Waals surface area (Å²) in [5.74, 6) is 0.505. The molecule has 23 heavy (non-hydrogen) atoms. The highest BCUT2D eigenvalue weighted by molar-refractivity contribution is 6.35. The quantitative estimate of drug-likeness (QED) is 0.786. The maximum Gasteiger partial charge on any atom is 0.139 e. The first-order valence-electron chi connectivity index (χ1n) is 7.58. The molecule has 1 aliphatic heterocycles. The lowest BCUT2D eigenvalue weighted by Gasteiger charge is -2.22. The number of pyridine rings is 1. The zero-order chi connectivity index (χ0) is 16.1. The molecule has 1 aromatic carbocycles. The fraction of sp³-hybridized carbons (Fsp3) is 0.412. The normalized spacial score (nSPS) is 15.5. The molecule has 0 spiro atoms. The molecule has 0 N–H and O–H groups in total. The van der Waals surface area contributed by atoms with Crippen molar-refractivity contribution >= 4 is 22.5 Å². The molecule has 0 saturated carbocycles. The summed E-state index contributed by atoms with van der Waals surface area (Å²) in [5, 5.41) is 10.6. The number of aromatic nitrogens is 1. The van der Waals surface area contributed by atoms with Crippen molar-refractivity contribution in [2.75, 3.05) is 26.4 Å². The molecule has 0 unspecified atom stereocenters. The summed E-state index contributed by atoms with van der Waals surface area (Å²) in [5.41, 5.74) is 1.15. The third kappa shape index (κ3) is 3.91. The van der Waals surface area contributed by atoms with Gasteiger partial charge >= 0.3 is 0 Å². The molecule has 1 aliphatic rings. The minimum absolute atomic E-state index is 0.236. The van der Waals surface area contributed by atoms with Gasteiger partial charge in [0.2, 0.25) is 0 Å². The van der Waals surface area contributed by atoms with E-state index in [1.54, 1.807) is 24.4 Å². The second kappa shape index (κ2) is 7.60. The average molecular weight is 333 g/mol. The van der Waals surface area contributed by atoms with E-state index in [2.05, 4.69) is 11.1 Å². The summed E-state index contributed by atoms with van der Waals surface area (Å²) in [7, 11) is 0. The van der Waals surface area contributed by atoms with Crippen LogP contribution in [0, 0.1) is 11.3 Å². The molecule has 3 rings (SSSR count). The van der Waals surface area contributed by atoms with Crippen molar-refractivity contribution in [3.63, 3.8) is 0 Å². The molecule has 2 heterocycles. The summed E-state index contributed by atoms with van der Waals surface area (Å²) < 4.78 is 16.8. The molecule has 2 aromatic rings. The number of benzene rings is 1. The Morgan fingerprint density at radius 3 is 2.91 bits per heavy atom. The summed E-state index contributed by atoms with van der Waals surface area (Å²) >= 11 is 6.13. The lowest BCUT2D eigenvalue weighted by atomic mass is 10.1. The first kappa shape index (κ1) is 16.0. The number of halogens is 1. The van der Waals surface area contributed by atoms with E-state index in [1.165, 1.54) is 0 Å². The highest BCUT2D eigenvalue weighted by Gasteiger charge is 2.14. The fourth-order valence-electron chi connectivity index (χ4n) is 2.56. The van der Waals surface area contributed by atoms with E-state index in [9.17, 15) is 5.26 Å². The molecule has 1 saturated heterocycles. The first-order chi connectivity index (χ1) is 11.3. The van der Waals surface area contributed by atoms with Crippen LogP contribution in [0.5, 0.6) is 5.75 Å². The molecule has 1 fully saturated rings. The summed E-state index contributed by atoms with van der Waals surface area (Å²) in [6.07, 6.45) is 3.71. The molecule has 0 aliphatic carbocycles. The molecule has 6 heteroatoms. The lowest BCUT2D eigenvalue weighted by molar-refractivity contribution is -0.0388. The second-order valence-electron chi connectivity index (χ2n) is 5.30. The van der Waals surface area contributed by atoms with Crippen LogP contribution < -0.4 is 4.74 Å². The van der Waals surface area contributed by atoms with Crippen LogP contribution in [0.1, 0.15) is 18.4 Å². The van der Waals surface area contributed by atoms with E-state index in [1.807, 2.05) is 0 Å². The van der Waals surface area contributed by atoms with Crippen molar-refractivity contribution in [1.82, 2.24) is 4.98 Å². The highest BCUT2D eigenvalue weighted by Crippen LogP contribution is 2.28. The van der Waals surface area contributed by atoms with Gasteiger partial charge in [0.15, 0.2) is 0 Å². The Morgan fingerprint density at radius 2 is 2.13 bits per heavy atom. The summed E-state index contributed by atoms with van der Waals surface area (Å²) in [6, 6.07) is 7.29. The molecule has 0 radical (unpaired) electrons. The van der Waals surface area contributed by atoms with Crippen LogP contribution in [0.4, 0.5) is 0 Å². The summed E-state index contributed by atoms with van der Waals surface area (Å²) in [4.78, 5) is 4.26. The maximum absolute atomic E-state index is 9.29. The third-order valence-electron chi connectivity index (χ3n) is 3.77. The lowest BCUT2D eigenvalue weighted by Crippen LogP contribution is -2.25. The molecule has 0 bridgehead atoms. The van der Waals surface area contributed by atoms with Gasteiger partial charge in [0.1, 0.15) is 18.4 Å². The van der Waals surface area contributed by atoms with E-state index in [0.717, 1.165) is 31.4 Å². The molecular formula is C17H17ClN2O3. The largest absolute Gasteiger partial charge is 0.490 e. The maximum atomic E-state index is 9.29. The number of hydrogen-bond acceptors (Lipinski definition) is 5. The number of nitrogens with zero attached hydrogens (tertiary/aromatic N) is 2. The molecule has 1 aromatic heterocycles. The Hall–Kier alpha value is -1.87. The van der Waals surface area contributed by atoms with Gasteiger partial charge in [-0.3, -0.25) is 4.98 Å². The van der Waals surface area contributed by atoms with Crippen LogP contribution in [0.3, 0.4) is 0 Å². The van der Waals surface area contributed by atoms with Gasteiger partial charge in [0, 0.05) is 30.9 Å². The van der Waals surface area contributed by atoms with Crippen molar-refractivity contribution < 1.29 is 14.2 Å². The second-order valence-corrected chi connectivity index (χ2v) is 5.71. The zero-order valence-corrected chi connectivity index (χ0v) is 13.4. The van der Waals surface area contributed by atoms with Crippen LogP contribution in [0.2, 0.25) is 5.02 Å². The molecule has 120 valence electrons. The number of nitriles is 1. The number of hydrogen-bond donors (Lipinski definition) is 0. The van der Waals surface area contributed by atoms with Crippen molar-refractivity contribution in [3.05, 3.63) is 35.0 Å². The standard InChI is InChI=1S/C17H17ClN2O3/c18-15-1-4-20-16-10-17(12(11-19)9-14(15)16)23-8-7-22-13-2-5-21-6-3-13/h1,4,9-10,13H,2-3,5-8H2. The topological polar surface area (TPSA) is 64.4 Å². The monoisotopic (exact) mass is 332 g/mol. The van der Waals surface area contributed by atoms with E-state index in [-0.39, 0.29) is 6.10 Å². The number of rotatable bonds is 5. The van der Waals surface area contributed by atoms with Gasteiger partial charge in [-0.15, -0.1) is 0 Å². The molecule has 0 atom stereocenters. The van der Waals surface area contributed by atoms with E-state index < -0.39 is 0 Å². The number of fused-ring (bicyclic) bond motifs is 1. The van der Waals surface area contributed by atoms with Gasteiger partial charge in [-0.25, -0.2) is 0 Å². The molecule has 5 nitrogen and oxygen atoms in total. The Labute approximate surface area is 139 Å². The van der Waals surface area contributed by atoms with Crippen LogP contribution in [0.15, 0.2) is 24.4 Å². The number of ether oxygens (including phenoxy) is 3. The Kier molecular flexibility index (Phi) is 5.29. The first-order valence-corrected chi connectivity index (χ1v) is 7.96. The zero-order valence-electron chi connectivity index (χ0n) is 12.6. The molecular weight excluding hydrogens is 316 g/mol. The minimum atomic E-state index is 0.236. The highest BCUT2D eigenvalue weighted by atomic mass is 35.5.